The summed E-state index contributed by atoms with van der Waals surface area (Å²) < 4.78 is 23.7. The van der Waals surface area contributed by atoms with Crippen molar-refractivity contribution in [2.45, 2.75) is 52.2 Å². The van der Waals surface area contributed by atoms with Gasteiger partial charge in [0.2, 0.25) is 0 Å². The van der Waals surface area contributed by atoms with E-state index < -0.39 is 29.9 Å². The number of carbonyl (C=O) groups is 3. The fourth-order valence-electron chi connectivity index (χ4n) is 4.79. The van der Waals surface area contributed by atoms with E-state index in [-0.39, 0.29) is 29.6 Å². The molecule has 1 aromatic rings. The van der Waals surface area contributed by atoms with Crippen molar-refractivity contribution in [3.63, 3.8) is 0 Å². The fourth-order valence-corrected chi connectivity index (χ4v) is 4.79. The predicted molar refractivity (Wildman–Crippen MR) is 103 cm³/mol. The minimum atomic E-state index is -0.961. The smallest absolute Gasteiger partial charge is 0.326 e. The van der Waals surface area contributed by atoms with Crippen molar-refractivity contribution in [3.8, 4) is 5.75 Å². The summed E-state index contributed by atoms with van der Waals surface area (Å²) in [6.45, 7) is 5.58. The van der Waals surface area contributed by atoms with E-state index in [2.05, 4.69) is 26.1 Å². The van der Waals surface area contributed by atoms with Crippen molar-refractivity contribution in [3.05, 3.63) is 29.6 Å². The fraction of sp³-hybridized carbons (Fsp3) is 0.571. The maximum absolute atomic E-state index is 13.7. The van der Waals surface area contributed by atoms with Gasteiger partial charge in [-0.15, -0.1) is 0 Å². The van der Waals surface area contributed by atoms with E-state index in [0.717, 1.165) is 11.3 Å². The molecule has 2 fully saturated rings. The van der Waals surface area contributed by atoms with Crippen LogP contribution in [-0.2, 0) is 20.9 Å². The van der Waals surface area contributed by atoms with Crippen molar-refractivity contribution < 1.29 is 28.2 Å². The highest BCUT2D eigenvalue weighted by Gasteiger charge is 2.56. The molecule has 158 valence electrons. The lowest BCUT2D eigenvalue weighted by molar-refractivity contribution is -0.149. The molecule has 8 heteroatoms. The van der Waals surface area contributed by atoms with Gasteiger partial charge in [0.15, 0.2) is 11.6 Å². The first kappa shape index (κ1) is 21.1. The van der Waals surface area contributed by atoms with Crippen LogP contribution < -0.4 is 10.1 Å². The van der Waals surface area contributed by atoms with Gasteiger partial charge in [-0.2, -0.15) is 0 Å². The predicted octanol–water partition coefficient (Wildman–Crippen LogP) is 3.01. The Balaban J connectivity index is 1.62. The lowest BCUT2D eigenvalue weighted by Gasteiger charge is -2.43. The second-order valence-electron chi connectivity index (χ2n) is 8.89. The normalized spacial score (nSPS) is 25.8. The van der Waals surface area contributed by atoms with Crippen LogP contribution in [0.3, 0.4) is 0 Å². The lowest BCUT2D eigenvalue weighted by Crippen LogP contribution is -2.54. The Morgan fingerprint density at radius 3 is 2.66 bits per heavy atom. The first-order chi connectivity index (χ1) is 13.5. The molecule has 3 rings (SSSR count). The van der Waals surface area contributed by atoms with Gasteiger partial charge in [-0.3, -0.25) is 14.5 Å². The molecule has 1 saturated heterocycles. The molecule has 1 aliphatic heterocycles. The second kappa shape index (κ2) is 7.65. The number of benzene rings is 1. The number of rotatable bonds is 5. The average Bonchev–Trinajstić information content (AvgIpc) is 2.81. The number of hydrogen-bond acceptors (Lipinski definition) is 5. The van der Waals surface area contributed by atoms with Crippen LogP contribution in [0, 0.1) is 17.2 Å². The van der Waals surface area contributed by atoms with E-state index in [0.29, 0.717) is 18.4 Å². The molecular formula is C21H27FN2O5. The van der Waals surface area contributed by atoms with Crippen molar-refractivity contribution in [1.29, 1.82) is 0 Å². The van der Waals surface area contributed by atoms with Gasteiger partial charge < -0.3 is 14.8 Å². The summed E-state index contributed by atoms with van der Waals surface area (Å²) in [7, 11) is 1.36. The highest BCUT2D eigenvalue weighted by atomic mass is 19.1. The summed E-state index contributed by atoms with van der Waals surface area (Å²) in [5, 5.41) is 2.82. The number of urea groups is 1. The maximum atomic E-state index is 13.7. The molecule has 7 nitrogen and oxygen atoms in total. The van der Waals surface area contributed by atoms with Crippen molar-refractivity contribution >= 4 is 17.9 Å². The summed E-state index contributed by atoms with van der Waals surface area (Å²) >= 11 is 0. The number of hydrogen-bond donors (Lipinski definition) is 1. The summed E-state index contributed by atoms with van der Waals surface area (Å²) in [6.07, 6.45) is 2.06. The minimum absolute atomic E-state index is 0.0877. The molecule has 0 radical (unpaired) electrons. The number of nitrogens with one attached hydrogen (secondary N) is 1. The third kappa shape index (κ3) is 4.36. The molecule has 1 saturated carbocycles. The van der Waals surface area contributed by atoms with Crippen LogP contribution in [0.25, 0.3) is 0 Å². The van der Waals surface area contributed by atoms with E-state index in [9.17, 15) is 18.8 Å². The van der Waals surface area contributed by atoms with Crippen LogP contribution in [0.2, 0.25) is 0 Å². The number of methoxy groups -OCH3 is 1. The van der Waals surface area contributed by atoms with Crippen molar-refractivity contribution in [2.24, 2.45) is 11.3 Å². The molecule has 2 aliphatic rings. The minimum Gasteiger partial charge on any atom is -0.494 e. The van der Waals surface area contributed by atoms with Crippen LogP contribution >= 0.6 is 0 Å². The second-order valence-corrected chi connectivity index (χ2v) is 8.89. The zero-order chi connectivity index (χ0) is 21.4. The topological polar surface area (TPSA) is 84.9 Å². The highest BCUT2D eigenvalue weighted by Crippen LogP contribution is 2.46. The molecule has 0 aromatic heterocycles. The van der Waals surface area contributed by atoms with E-state index in [1.807, 2.05) is 0 Å². The summed E-state index contributed by atoms with van der Waals surface area (Å²) in [4.78, 5) is 38.6. The third-order valence-electron chi connectivity index (χ3n) is 5.53. The van der Waals surface area contributed by atoms with Crippen LogP contribution in [0.4, 0.5) is 9.18 Å². The Hall–Kier alpha value is -2.64. The Labute approximate surface area is 169 Å². The summed E-state index contributed by atoms with van der Waals surface area (Å²) in [6, 6.07) is 3.64. The van der Waals surface area contributed by atoms with E-state index >= 15 is 0 Å². The standard InChI is InChI=1S/C21H27FN2O5/c1-13-8-20(2,3)12-21(9-13)18(26)24(19(27)23-21)10-17(25)29-11-14-5-6-16(28-4)15(22)7-14/h5-7,13H,8-12H2,1-4H3,(H,23,27)/t13-,21-/m0/s1. The van der Waals surface area contributed by atoms with Gasteiger partial charge in [0.05, 0.1) is 7.11 Å². The number of ether oxygens (including phenoxy) is 2. The van der Waals surface area contributed by atoms with Crippen LogP contribution in [0.15, 0.2) is 18.2 Å². The molecular weight excluding hydrogens is 379 g/mol. The largest absolute Gasteiger partial charge is 0.494 e. The first-order valence-corrected chi connectivity index (χ1v) is 9.67. The number of imide groups is 1. The average molecular weight is 406 g/mol. The van der Waals surface area contributed by atoms with Crippen molar-refractivity contribution in [1.82, 2.24) is 10.2 Å². The third-order valence-corrected chi connectivity index (χ3v) is 5.53. The van der Waals surface area contributed by atoms with Gasteiger partial charge in [0.25, 0.3) is 5.91 Å². The molecule has 1 aliphatic carbocycles. The van der Waals surface area contributed by atoms with Crippen LogP contribution in [-0.4, -0.2) is 42.0 Å². The van der Waals surface area contributed by atoms with Crippen LogP contribution in [0.5, 0.6) is 5.75 Å². The first-order valence-electron chi connectivity index (χ1n) is 9.67. The SMILES string of the molecule is COc1ccc(COC(=O)CN2C(=O)N[C@]3(C[C@@H](C)CC(C)(C)C3)C2=O)cc1F. The molecule has 1 heterocycles. The van der Waals surface area contributed by atoms with Crippen molar-refractivity contribution in [2.75, 3.05) is 13.7 Å². The number of amides is 3. The summed E-state index contributed by atoms with van der Waals surface area (Å²) in [5.74, 6) is -1.31. The van der Waals surface area contributed by atoms with Gasteiger partial charge in [-0.25, -0.2) is 9.18 Å². The van der Waals surface area contributed by atoms with Gasteiger partial charge in [0, 0.05) is 0 Å². The Kier molecular flexibility index (Phi) is 5.56. The molecule has 2 atom stereocenters. The Bertz CT molecular complexity index is 840. The Morgan fingerprint density at radius 1 is 1.31 bits per heavy atom. The van der Waals surface area contributed by atoms with E-state index in [1.54, 1.807) is 6.07 Å². The Morgan fingerprint density at radius 2 is 2.03 bits per heavy atom. The lowest BCUT2D eigenvalue weighted by atomic mass is 9.64. The van der Waals surface area contributed by atoms with Crippen LogP contribution in [0.1, 0.15) is 45.6 Å². The maximum Gasteiger partial charge on any atom is 0.326 e. The zero-order valence-electron chi connectivity index (χ0n) is 17.2. The molecule has 0 bridgehead atoms. The van der Waals surface area contributed by atoms with E-state index in [4.69, 9.17) is 9.47 Å². The molecule has 1 aromatic carbocycles. The quantitative estimate of drug-likeness (QED) is 0.600. The van der Waals surface area contributed by atoms with Gasteiger partial charge in [0.1, 0.15) is 18.7 Å². The number of esters is 1. The number of carbonyl (C=O) groups excluding carboxylic acids is 3. The number of halogens is 1. The summed E-state index contributed by atoms with van der Waals surface area (Å²) in [5.41, 5.74) is -0.610. The monoisotopic (exact) mass is 406 g/mol. The van der Waals surface area contributed by atoms with Gasteiger partial charge in [-0.05, 0) is 48.3 Å². The number of nitrogens with zero attached hydrogens (tertiary/aromatic N) is 1. The molecule has 3 amide bonds. The van der Waals surface area contributed by atoms with Gasteiger partial charge >= 0.3 is 12.0 Å². The molecule has 0 unspecified atom stereocenters. The zero-order valence-corrected chi connectivity index (χ0v) is 17.2. The van der Waals surface area contributed by atoms with Gasteiger partial charge in [-0.1, -0.05) is 26.8 Å². The molecule has 29 heavy (non-hydrogen) atoms. The molecule has 1 spiro atoms. The highest BCUT2D eigenvalue weighted by molar-refractivity contribution is 6.08. The van der Waals surface area contributed by atoms with E-state index in [1.165, 1.54) is 19.2 Å². The molecule has 1 N–H and O–H groups in total.